The van der Waals surface area contributed by atoms with Crippen molar-refractivity contribution in [3.8, 4) is 0 Å². The van der Waals surface area contributed by atoms with Crippen LogP contribution < -0.4 is 5.32 Å². The molecule has 1 unspecified atom stereocenters. The van der Waals surface area contributed by atoms with Gasteiger partial charge in [0, 0.05) is 18.4 Å². The van der Waals surface area contributed by atoms with E-state index in [1.165, 1.54) is 11.8 Å². The van der Waals surface area contributed by atoms with Crippen molar-refractivity contribution < 1.29 is 13.9 Å². The van der Waals surface area contributed by atoms with E-state index in [2.05, 4.69) is 10.3 Å². The molecule has 16 heavy (non-hydrogen) atoms. The van der Waals surface area contributed by atoms with Crippen molar-refractivity contribution in [3.63, 3.8) is 0 Å². The molecule has 1 aromatic rings. The predicted molar refractivity (Wildman–Crippen MR) is 61.6 cm³/mol. The van der Waals surface area contributed by atoms with Crippen molar-refractivity contribution in [2.75, 3.05) is 23.9 Å². The number of thioether (sulfide) groups is 1. The van der Waals surface area contributed by atoms with Crippen LogP contribution in [0.4, 0.5) is 14.6 Å². The van der Waals surface area contributed by atoms with E-state index in [1.807, 2.05) is 6.26 Å². The summed E-state index contributed by atoms with van der Waals surface area (Å²) in [6, 6.07) is 0.749. The summed E-state index contributed by atoms with van der Waals surface area (Å²) in [6.45, 7) is 1.79. The Morgan fingerprint density at radius 1 is 1.56 bits per heavy atom. The highest BCUT2D eigenvalue weighted by atomic mass is 32.2. The van der Waals surface area contributed by atoms with Gasteiger partial charge in [0.05, 0.1) is 11.8 Å². The maximum absolute atomic E-state index is 13.2. The van der Waals surface area contributed by atoms with Crippen LogP contribution in [-0.2, 0) is 0 Å². The summed E-state index contributed by atoms with van der Waals surface area (Å²) in [7, 11) is 0. The highest BCUT2D eigenvalue weighted by molar-refractivity contribution is 7.98. The van der Waals surface area contributed by atoms with E-state index in [9.17, 15) is 13.9 Å². The number of halogens is 2. The number of aromatic nitrogens is 1. The zero-order chi connectivity index (χ0) is 12.2. The van der Waals surface area contributed by atoms with E-state index < -0.39 is 17.2 Å². The fraction of sp³-hybridized carbons (Fsp3) is 0.500. The fourth-order valence-corrected chi connectivity index (χ4v) is 1.90. The largest absolute Gasteiger partial charge is 0.387 e. The molecular weight excluding hydrogens is 234 g/mol. The number of aliphatic hydroxyl groups is 1. The van der Waals surface area contributed by atoms with Crippen LogP contribution in [0.5, 0.6) is 0 Å². The summed E-state index contributed by atoms with van der Waals surface area (Å²) in [4.78, 5) is 3.56. The van der Waals surface area contributed by atoms with Crippen molar-refractivity contribution in [2.24, 2.45) is 0 Å². The normalized spacial score (nSPS) is 14.6. The van der Waals surface area contributed by atoms with E-state index in [4.69, 9.17) is 0 Å². The lowest BCUT2D eigenvalue weighted by Crippen LogP contribution is -2.36. The monoisotopic (exact) mass is 248 g/mol. The molecule has 0 saturated carbocycles. The van der Waals surface area contributed by atoms with Gasteiger partial charge >= 0.3 is 0 Å². The number of anilines is 1. The molecule has 0 saturated heterocycles. The first-order valence-electron chi connectivity index (χ1n) is 4.71. The van der Waals surface area contributed by atoms with Gasteiger partial charge in [-0.15, -0.1) is 0 Å². The summed E-state index contributed by atoms with van der Waals surface area (Å²) in [5.41, 5.74) is -0.956. The second-order valence-corrected chi connectivity index (χ2v) is 4.63. The van der Waals surface area contributed by atoms with Gasteiger partial charge in [0.1, 0.15) is 5.82 Å². The van der Waals surface area contributed by atoms with Crippen LogP contribution in [0.3, 0.4) is 0 Å². The van der Waals surface area contributed by atoms with Crippen molar-refractivity contribution in [2.45, 2.75) is 12.5 Å². The van der Waals surface area contributed by atoms with Gasteiger partial charge in [0.15, 0.2) is 11.6 Å². The first-order valence-corrected chi connectivity index (χ1v) is 6.10. The SMILES string of the molecule is CSCC(C)(O)CNc1ncc(F)cc1F. The smallest absolute Gasteiger partial charge is 0.168 e. The van der Waals surface area contributed by atoms with E-state index in [1.54, 1.807) is 6.92 Å². The molecule has 0 aliphatic carbocycles. The second-order valence-electron chi connectivity index (χ2n) is 3.77. The Morgan fingerprint density at radius 2 is 2.25 bits per heavy atom. The van der Waals surface area contributed by atoms with Gasteiger partial charge in [0.25, 0.3) is 0 Å². The van der Waals surface area contributed by atoms with Crippen LogP contribution in [-0.4, -0.2) is 34.2 Å². The average molecular weight is 248 g/mol. The molecule has 2 N–H and O–H groups in total. The van der Waals surface area contributed by atoms with Crippen molar-refractivity contribution >= 4 is 17.6 Å². The maximum Gasteiger partial charge on any atom is 0.168 e. The number of pyridine rings is 1. The Morgan fingerprint density at radius 3 is 2.81 bits per heavy atom. The Labute approximate surface area is 97.3 Å². The molecule has 0 radical (unpaired) electrons. The Kier molecular flexibility index (Phi) is 4.49. The highest BCUT2D eigenvalue weighted by Gasteiger charge is 2.20. The van der Waals surface area contributed by atoms with Gasteiger partial charge in [-0.1, -0.05) is 0 Å². The maximum atomic E-state index is 13.2. The summed E-state index contributed by atoms with van der Waals surface area (Å²) < 4.78 is 25.7. The minimum Gasteiger partial charge on any atom is -0.387 e. The molecule has 0 bridgehead atoms. The molecular formula is C10H14F2N2OS. The fourth-order valence-electron chi connectivity index (χ4n) is 1.18. The Balaban J connectivity index is 2.61. The molecule has 0 aliphatic rings. The zero-order valence-corrected chi connectivity index (χ0v) is 9.94. The average Bonchev–Trinajstić information content (AvgIpc) is 2.16. The van der Waals surface area contributed by atoms with Crippen LogP contribution in [0.2, 0.25) is 0 Å². The van der Waals surface area contributed by atoms with Crippen LogP contribution in [0.15, 0.2) is 12.3 Å². The zero-order valence-electron chi connectivity index (χ0n) is 9.13. The third kappa shape index (κ3) is 3.94. The molecule has 1 atom stereocenters. The lowest BCUT2D eigenvalue weighted by atomic mass is 10.1. The molecule has 1 aromatic heterocycles. The molecule has 90 valence electrons. The van der Waals surface area contributed by atoms with E-state index in [-0.39, 0.29) is 12.4 Å². The molecule has 0 spiro atoms. The Bertz CT molecular complexity index is 361. The first kappa shape index (κ1) is 13.2. The molecule has 3 nitrogen and oxygen atoms in total. The second kappa shape index (κ2) is 5.45. The lowest BCUT2D eigenvalue weighted by molar-refractivity contribution is 0.0995. The van der Waals surface area contributed by atoms with Crippen LogP contribution in [0.25, 0.3) is 0 Å². The topological polar surface area (TPSA) is 45.1 Å². The number of nitrogens with one attached hydrogen (secondary N) is 1. The molecule has 1 heterocycles. The standard InChI is InChI=1S/C10H14F2N2OS/c1-10(15,6-16-2)5-14-9-8(12)3-7(11)4-13-9/h3-4,15H,5-6H2,1-2H3,(H,13,14). The Hall–Kier alpha value is -0.880. The van der Waals surface area contributed by atoms with E-state index >= 15 is 0 Å². The minimum absolute atomic E-state index is 0.0530. The summed E-state index contributed by atoms with van der Waals surface area (Å²) in [6.07, 6.45) is 2.79. The van der Waals surface area contributed by atoms with Crippen LogP contribution >= 0.6 is 11.8 Å². The van der Waals surface area contributed by atoms with E-state index in [0.29, 0.717) is 5.75 Å². The number of rotatable bonds is 5. The first-order chi connectivity index (χ1) is 7.44. The molecule has 1 rings (SSSR count). The predicted octanol–water partition coefficient (Wildman–Crippen LogP) is 1.89. The third-order valence-corrected chi connectivity index (χ3v) is 2.81. The molecule has 0 aromatic carbocycles. The van der Waals surface area contributed by atoms with Gasteiger partial charge < -0.3 is 10.4 Å². The van der Waals surface area contributed by atoms with Gasteiger partial charge in [0.2, 0.25) is 0 Å². The number of hydrogen-bond acceptors (Lipinski definition) is 4. The lowest BCUT2D eigenvalue weighted by Gasteiger charge is -2.22. The summed E-state index contributed by atoms with van der Waals surface area (Å²) in [5, 5.41) is 12.5. The van der Waals surface area contributed by atoms with Crippen LogP contribution in [0.1, 0.15) is 6.92 Å². The quantitative estimate of drug-likeness (QED) is 0.835. The van der Waals surface area contributed by atoms with Gasteiger partial charge in [-0.3, -0.25) is 0 Å². The molecule has 0 amide bonds. The minimum atomic E-state index is -0.956. The number of hydrogen-bond donors (Lipinski definition) is 2. The van der Waals surface area contributed by atoms with Crippen molar-refractivity contribution in [1.82, 2.24) is 4.98 Å². The summed E-state index contributed by atoms with van der Waals surface area (Å²) >= 11 is 1.49. The van der Waals surface area contributed by atoms with Crippen LogP contribution in [0, 0.1) is 11.6 Å². The highest BCUT2D eigenvalue weighted by Crippen LogP contribution is 2.15. The summed E-state index contributed by atoms with van der Waals surface area (Å²) in [5.74, 6) is -1.02. The van der Waals surface area contributed by atoms with Crippen molar-refractivity contribution in [3.05, 3.63) is 23.9 Å². The van der Waals surface area contributed by atoms with Gasteiger partial charge in [-0.05, 0) is 13.2 Å². The van der Waals surface area contributed by atoms with Gasteiger partial charge in [-0.25, -0.2) is 13.8 Å². The third-order valence-electron chi connectivity index (χ3n) is 1.90. The van der Waals surface area contributed by atoms with Gasteiger partial charge in [-0.2, -0.15) is 11.8 Å². The van der Waals surface area contributed by atoms with E-state index in [0.717, 1.165) is 12.3 Å². The molecule has 0 fully saturated rings. The molecule has 6 heteroatoms. The van der Waals surface area contributed by atoms with Crippen molar-refractivity contribution in [1.29, 1.82) is 0 Å². The molecule has 0 aliphatic heterocycles. The number of nitrogens with zero attached hydrogens (tertiary/aromatic N) is 1.